The van der Waals surface area contributed by atoms with E-state index in [1.807, 2.05) is 17.9 Å². The van der Waals surface area contributed by atoms with Crippen LogP contribution in [0.4, 0.5) is 4.39 Å². The number of rotatable bonds is 8. The Morgan fingerprint density at radius 1 is 1.15 bits per heavy atom. The fourth-order valence-electron chi connectivity index (χ4n) is 2.98. The molecule has 0 radical (unpaired) electrons. The highest BCUT2D eigenvalue weighted by Gasteiger charge is 2.22. The SMILES string of the molecule is CCCNC(=O)CN(C)CC(=O)N1CCN(Cc2ccccc2F)CC1. The molecule has 0 spiro atoms. The summed E-state index contributed by atoms with van der Waals surface area (Å²) in [7, 11) is 1.78. The fraction of sp³-hybridized carbons (Fsp3) is 0.579. The lowest BCUT2D eigenvalue weighted by atomic mass is 10.2. The molecule has 1 saturated heterocycles. The largest absolute Gasteiger partial charge is 0.355 e. The highest BCUT2D eigenvalue weighted by molar-refractivity contribution is 5.81. The summed E-state index contributed by atoms with van der Waals surface area (Å²) in [6, 6.07) is 6.80. The molecule has 0 atom stereocenters. The number of hydrogen-bond acceptors (Lipinski definition) is 4. The predicted molar refractivity (Wildman–Crippen MR) is 99.1 cm³/mol. The minimum atomic E-state index is -0.186. The van der Waals surface area contributed by atoms with Crippen LogP contribution in [0.3, 0.4) is 0 Å². The summed E-state index contributed by atoms with van der Waals surface area (Å²) in [5.41, 5.74) is 0.685. The monoisotopic (exact) mass is 364 g/mol. The zero-order valence-corrected chi connectivity index (χ0v) is 15.7. The Kier molecular flexibility index (Phi) is 8.00. The number of halogens is 1. The van der Waals surface area contributed by atoms with Crippen LogP contribution in [0.15, 0.2) is 24.3 Å². The van der Waals surface area contributed by atoms with Crippen molar-refractivity contribution in [1.82, 2.24) is 20.0 Å². The molecule has 1 N–H and O–H groups in total. The molecule has 2 amide bonds. The van der Waals surface area contributed by atoms with Gasteiger partial charge in [0.25, 0.3) is 0 Å². The van der Waals surface area contributed by atoms with E-state index >= 15 is 0 Å². The number of nitrogens with one attached hydrogen (secondary N) is 1. The molecule has 1 aliphatic rings. The van der Waals surface area contributed by atoms with Crippen molar-refractivity contribution in [3.8, 4) is 0 Å². The molecular weight excluding hydrogens is 335 g/mol. The number of piperazine rings is 1. The molecular formula is C19H29FN4O2. The van der Waals surface area contributed by atoms with Crippen LogP contribution in [0.1, 0.15) is 18.9 Å². The van der Waals surface area contributed by atoms with Gasteiger partial charge in [0, 0.05) is 44.8 Å². The zero-order chi connectivity index (χ0) is 18.9. The van der Waals surface area contributed by atoms with Gasteiger partial charge in [-0.15, -0.1) is 0 Å². The molecule has 1 fully saturated rings. The van der Waals surface area contributed by atoms with Gasteiger partial charge in [0.1, 0.15) is 5.82 Å². The highest BCUT2D eigenvalue weighted by Crippen LogP contribution is 2.12. The van der Waals surface area contributed by atoms with Crippen molar-refractivity contribution < 1.29 is 14.0 Å². The lowest BCUT2D eigenvalue weighted by Crippen LogP contribution is -2.51. The summed E-state index contributed by atoms with van der Waals surface area (Å²) in [5.74, 6) is -0.216. The normalized spacial score (nSPS) is 15.3. The van der Waals surface area contributed by atoms with Gasteiger partial charge < -0.3 is 10.2 Å². The molecule has 144 valence electrons. The van der Waals surface area contributed by atoms with E-state index in [4.69, 9.17) is 0 Å². The van der Waals surface area contributed by atoms with Crippen molar-refractivity contribution in [3.05, 3.63) is 35.6 Å². The van der Waals surface area contributed by atoms with Crippen LogP contribution >= 0.6 is 0 Å². The highest BCUT2D eigenvalue weighted by atomic mass is 19.1. The van der Waals surface area contributed by atoms with E-state index < -0.39 is 0 Å². The molecule has 7 heteroatoms. The second kappa shape index (κ2) is 10.2. The maximum absolute atomic E-state index is 13.7. The van der Waals surface area contributed by atoms with Crippen molar-refractivity contribution in [2.75, 3.05) is 52.9 Å². The number of likely N-dealkylation sites (N-methyl/N-ethyl adjacent to an activating group) is 1. The number of carbonyl (C=O) groups excluding carboxylic acids is 2. The van der Waals surface area contributed by atoms with Crippen LogP contribution in [0, 0.1) is 5.82 Å². The number of nitrogens with zero attached hydrogens (tertiary/aromatic N) is 3. The maximum atomic E-state index is 13.7. The molecule has 26 heavy (non-hydrogen) atoms. The van der Waals surface area contributed by atoms with Crippen molar-refractivity contribution in [1.29, 1.82) is 0 Å². The smallest absolute Gasteiger partial charge is 0.236 e. The minimum absolute atomic E-state index is 0.0290. The van der Waals surface area contributed by atoms with E-state index in [0.717, 1.165) is 19.5 Å². The van der Waals surface area contributed by atoms with Gasteiger partial charge >= 0.3 is 0 Å². The van der Waals surface area contributed by atoms with Crippen molar-refractivity contribution in [2.24, 2.45) is 0 Å². The number of carbonyl (C=O) groups is 2. The van der Waals surface area contributed by atoms with Crippen LogP contribution < -0.4 is 5.32 Å². The van der Waals surface area contributed by atoms with Gasteiger partial charge in [-0.2, -0.15) is 0 Å². The molecule has 1 aromatic carbocycles. The van der Waals surface area contributed by atoms with Crippen LogP contribution in [-0.4, -0.2) is 79.4 Å². The average molecular weight is 364 g/mol. The fourth-order valence-corrected chi connectivity index (χ4v) is 2.98. The standard InChI is InChI=1S/C19H29FN4O2/c1-3-8-21-18(25)14-22(2)15-19(26)24-11-9-23(10-12-24)13-16-6-4-5-7-17(16)20/h4-7H,3,8-15H2,1-2H3,(H,21,25). The van der Waals surface area contributed by atoms with Crippen molar-refractivity contribution in [2.45, 2.75) is 19.9 Å². The molecule has 0 aromatic heterocycles. The molecule has 1 aromatic rings. The first-order chi connectivity index (χ1) is 12.5. The minimum Gasteiger partial charge on any atom is -0.355 e. The molecule has 0 bridgehead atoms. The Balaban J connectivity index is 1.72. The number of benzene rings is 1. The molecule has 2 rings (SSSR count). The van der Waals surface area contributed by atoms with Gasteiger partial charge in [-0.05, 0) is 19.5 Å². The molecule has 0 saturated carbocycles. The van der Waals surface area contributed by atoms with Crippen LogP contribution in [-0.2, 0) is 16.1 Å². The molecule has 0 unspecified atom stereocenters. The third-order valence-corrected chi connectivity index (χ3v) is 4.47. The van der Waals surface area contributed by atoms with Gasteiger partial charge in [0.15, 0.2) is 0 Å². The summed E-state index contributed by atoms with van der Waals surface area (Å²) in [4.78, 5) is 29.8. The van der Waals surface area contributed by atoms with Crippen LogP contribution in [0.5, 0.6) is 0 Å². The summed E-state index contributed by atoms with van der Waals surface area (Å²) in [6.45, 7) is 6.37. The lowest BCUT2D eigenvalue weighted by Gasteiger charge is -2.35. The average Bonchev–Trinajstić information content (AvgIpc) is 2.62. The lowest BCUT2D eigenvalue weighted by molar-refractivity contribution is -0.134. The van der Waals surface area contributed by atoms with Gasteiger partial charge in [-0.25, -0.2) is 4.39 Å². The molecule has 1 heterocycles. The van der Waals surface area contributed by atoms with E-state index in [9.17, 15) is 14.0 Å². The van der Waals surface area contributed by atoms with Crippen molar-refractivity contribution >= 4 is 11.8 Å². The topological polar surface area (TPSA) is 55.9 Å². The third-order valence-electron chi connectivity index (χ3n) is 4.47. The van der Waals surface area contributed by atoms with Crippen LogP contribution in [0.25, 0.3) is 0 Å². The summed E-state index contributed by atoms with van der Waals surface area (Å²) in [6.07, 6.45) is 0.894. The van der Waals surface area contributed by atoms with E-state index in [1.54, 1.807) is 24.1 Å². The van der Waals surface area contributed by atoms with Gasteiger partial charge in [0.2, 0.25) is 11.8 Å². The van der Waals surface area contributed by atoms with E-state index in [2.05, 4.69) is 10.2 Å². The zero-order valence-electron chi connectivity index (χ0n) is 15.7. The Labute approximate surface area is 154 Å². The summed E-state index contributed by atoms with van der Waals surface area (Å²) < 4.78 is 13.7. The molecule has 6 nitrogen and oxygen atoms in total. The first kappa shape index (κ1) is 20.3. The third kappa shape index (κ3) is 6.38. The summed E-state index contributed by atoms with van der Waals surface area (Å²) >= 11 is 0. The Hall–Kier alpha value is -1.99. The Bertz CT molecular complexity index is 603. The van der Waals surface area contributed by atoms with E-state index in [0.29, 0.717) is 31.7 Å². The van der Waals surface area contributed by atoms with Gasteiger partial charge in [-0.3, -0.25) is 19.4 Å². The van der Waals surface area contributed by atoms with Crippen molar-refractivity contribution in [3.63, 3.8) is 0 Å². The molecule has 0 aliphatic carbocycles. The first-order valence-corrected chi connectivity index (χ1v) is 9.18. The van der Waals surface area contributed by atoms with Gasteiger partial charge in [0.05, 0.1) is 13.1 Å². The predicted octanol–water partition coefficient (Wildman–Crippen LogP) is 0.928. The number of hydrogen-bond donors (Lipinski definition) is 1. The second-order valence-corrected chi connectivity index (χ2v) is 6.77. The Morgan fingerprint density at radius 3 is 2.50 bits per heavy atom. The maximum Gasteiger partial charge on any atom is 0.236 e. The summed E-state index contributed by atoms with van der Waals surface area (Å²) in [5, 5.41) is 2.81. The molecule has 1 aliphatic heterocycles. The van der Waals surface area contributed by atoms with Gasteiger partial charge in [-0.1, -0.05) is 25.1 Å². The second-order valence-electron chi connectivity index (χ2n) is 6.77. The van der Waals surface area contributed by atoms with E-state index in [-0.39, 0.29) is 30.7 Å². The van der Waals surface area contributed by atoms with E-state index in [1.165, 1.54) is 6.07 Å². The quantitative estimate of drug-likeness (QED) is 0.746. The van der Waals surface area contributed by atoms with Crippen LogP contribution in [0.2, 0.25) is 0 Å². The number of amides is 2. The first-order valence-electron chi connectivity index (χ1n) is 9.18. The Morgan fingerprint density at radius 2 is 1.85 bits per heavy atom.